The number of benzene rings is 3. The summed E-state index contributed by atoms with van der Waals surface area (Å²) in [7, 11) is 0. The monoisotopic (exact) mass is 350 g/mol. The summed E-state index contributed by atoms with van der Waals surface area (Å²) < 4.78 is 0. The lowest BCUT2D eigenvalue weighted by Crippen LogP contribution is -2.39. The Morgan fingerprint density at radius 2 is 1.11 bits per heavy atom. The van der Waals surface area contributed by atoms with Gasteiger partial charge in [-0.1, -0.05) is 60.7 Å². The van der Waals surface area contributed by atoms with E-state index in [1.165, 1.54) is 39.1 Å². The number of rotatable bonds is 0. The van der Waals surface area contributed by atoms with E-state index in [2.05, 4.69) is 74.5 Å². The molecular weight excluding hydrogens is 328 g/mol. The standard InChI is InChI=1S/C26H22O/c1-25-20-14-11-12-15(13-14)21(20)26(2,24(25)27)23-19-10-6-4-8-17(19)16-7-3-5-9-18(16)22(23)25/h3-12,14-15,20-21H,13H2,1-2H3/t14-,15+,20-,21+,25+,26-. The Morgan fingerprint density at radius 3 is 1.56 bits per heavy atom. The molecule has 0 amide bonds. The van der Waals surface area contributed by atoms with Gasteiger partial charge >= 0.3 is 0 Å². The summed E-state index contributed by atoms with van der Waals surface area (Å²) in [5, 5.41) is 5.20. The number of hydrogen-bond acceptors (Lipinski definition) is 1. The van der Waals surface area contributed by atoms with Gasteiger partial charge in [0.15, 0.2) is 5.78 Å². The van der Waals surface area contributed by atoms with Gasteiger partial charge in [0.05, 0.1) is 10.8 Å². The Morgan fingerprint density at radius 1 is 0.704 bits per heavy atom. The second kappa shape index (κ2) is 4.19. The molecule has 6 atom stereocenters. The summed E-state index contributed by atoms with van der Waals surface area (Å²) in [5.41, 5.74) is 2.02. The van der Waals surface area contributed by atoms with Crippen molar-refractivity contribution in [3.8, 4) is 0 Å². The highest BCUT2D eigenvalue weighted by Crippen LogP contribution is 2.74. The highest BCUT2D eigenvalue weighted by molar-refractivity contribution is 6.20. The van der Waals surface area contributed by atoms with Crippen molar-refractivity contribution in [1.29, 1.82) is 0 Å². The topological polar surface area (TPSA) is 17.1 Å². The largest absolute Gasteiger partial charge is 0.298 e. The first kappa shape index (κ1) is 14.6. The number of fused-ring (bicyclic) bond motifs is 17. The molecule has 0 heterocycles. The average molecular weight is 350 g/mol. The van der Waals surface area contributed by atoms with Crippen molar-refractivity contribution in [2.24, 2.45) is 23.7 Å². The van der Waals surface area contributed by atoms with Crippen LogP contribution < -0.4 is 0 Å². The minimum Gasteiger partial charge on any atom is -0.298 e. The molecule has 3 aromatic rings. The molecule has 27 heavy (non-hydrogen) atoms. The Balaban J connectivity index is 1.74. The molecule has 0 spiro atoms. The van der Waals surface area contributed by atoms with E-state index in [1.807, 2.05) is 0 Å². The van der Waals surface area contributed by atoms with E-state index in [1.54, 1.807) is 0 Å². The number of hydrogen-bond donors (Lipinski definition) is 0. The maximum Gasteiger partial charge on any atom is 0.154 e. The molecule has 2 fully saturated rings. The number of carbonyl (C=O) groups excluding carboxylic acids is 1. The third kappa shape index (κ3) is 1.28. The Labute approximate surface area is 159 Å². The van der Waals surface area contributed by atoms with Gasteiger partial charge in [0.2, 0.25) is 0 Å². The first-order valence-electron chi connectivity index (χ1n) is 10.3. The van der Waals surface area contributed by atoms with E-state index in [9.17, 15) is 4.79 Å². The molecular formula is C26H22O. The number of Topliss-reactive ketones (excluding diaryl/α,β-unsaturated/α-hetero) is 1. The summed E-state index contributed by atoms with van der Waals surface area (Å²) in [6, 6.07) is 17.5. The predicted octanol–water partition coefficient (Wildman–Crippen LogP) is 5.54. The molecule has 0 aromatic heterocycles. The van der Waals surface area contributed by atoms with Crippen LogP contribution in [0.1, 0.15) is 31.4 Å². The predicted molar refractivity (Wildman–Crippen MR) is 109 cm³/mol. The maximum absolute atomic E-state index is 14.1. The van der Waals surface area contributed by atoms with Crippen molar-refractivity contribution in [3.05, 3.63) is 71.8 Å². The number of allylic oxidation sites excluding steroid dienone is 2. The van der Waals surface area contributed by atoms with Crippen LogP contribution in [0.3, 0.4) is 0 Å². The van der Waals surface area contributed by atoms with Gasteiger partial charge in [-0.25, -0.2) is 0 Å². The number of carbonyl (C=O) groups is 1. The van der Waals surface area contributed by atoms with Crippen LogP contribution in [0.25, 0.3) is 21.5 Å². The van der Waals surface area contributed by atoms with Gasteiger partial charge in [0.25, 0.3) is 0 Å². The minimum absolute atomic E-state index is 0.345. The first-order chi connectivity index (χ1) is 13.1. The quantitative estimate of drug-likeness (QED) is 0.295. The summed E-state index contributed by atoms with van der Waals surface area (Å²) in [6.07, 6.45) is 6.08. The maximum atomic E-state index is 14.1. The van der Waals surface area contributed by atoms with Crippen LogP contribution >= 0.6 is 0 Å². The molecule has 0 aliphatic heterocycles. The molecule has 3 aromatic carbocycles. The third-order valence-electron chi connectivity index (χ3n) is 8.71. The van der Waals surface area contributed by atoms with E-state index in [-0.39, 0.29) is 10.8 Å². The molecule has 4 bridgehead atoms. The van der Waals surface area contributed by atoms with Gasteiger partial charge < -0.3 is 0 Å². The molecule has 132 valence electrons. The summed E-state index contributed by atoms with van der Waals surface area (Å²) in [6.45, 7) is 4.56. The van der Waals surface area contributed by atoms with Gasteiger partial charge in [0, 0.05) is 0 Å². The van der Waals surface area contributed by atoms with Crippen molar-refractivity contribution >= 4 is 27.3 Å². The lowest BCUT2D eigenvalue weighted by molar-refractivity contribution is -0.125. The molecule has 7 rings (SSSR count). The fourth-order valence-electron chi connectivity index (χ4n) is 8.02. The van der Waals surface area contributed by atoms with Gasteiger partial charge in [-0.2, -0.15) is 0 Å². The van der Waals surface area contributed by atoms with Crippen molar-refractivity contribution in [3.63, 3.8) is 0 Å². The summed E-state index contributed by atoms with van der Waals surface area (Å²) in [4.78, 5) is 14.1. The fraction of sp³-hybridized carbons (Fsp3) is 0.346. The lowest BCUT2D eigenvalue weighted by Gasteiger charge is -2.42. The van der Waals surface area contributed by atoms with Gasteiger partial charge in [0.1, 0.15) is 0 Å². The van der Waals surface area contributed by atoms with Gasteiger partial charge in [-0.15, -0.1) is 0 Å². The molecule has 4 aliphatic rings. The molecule has 1 nitrogen and oxygen atoms in total. The van der Waals surface area contributed by atoms with Crippen LogP contribution in [0, 0.1) is 23.7 Å². The summed E-state index contributed by atoms with van der Waals surface area (Å²) in [5.74, 6) is 2.59. The van der Waals surface area contributed by atoms with Crippen LogP contribution in [-0.4, -0.2) is 5.78 Å². The van der Waals surface area contributed by atoms with E-state index >= 15 is 0 Å². The molecule has 1 heteroatoms. The van der Waals surface area contributed by atoms with Crippen LogP contribution in [0.5, 0.6) is 0 Å². The Bertz CT molecular complexity index is 1140. The molecule has 4 aliphatic carbocycles. The SMILES string of the molecule is C[C@]12C(=O)[C@](C)(c3c1c1ccccc1c1ccccc31)[C@H]1[C@@H]2[C@H]2C=C[C@@H]1C2. The van der Waals surface area contributed by atoms with E-state index in [4.69, 9.17) is 0 Å². The third-order valence-corrected chi connectivity index (χ3v) is 8.71. The Kier molecular flexibility index (Phi) is 2.27. The molecule has 0 radical (unpaired) electrons. The molecule has 2 saturated carbocycles. The van der Waals surface area contributed by atoms with Crippen molar-refractivity contribution in [2.75, 3.05) is 0 Å². The van der Waals surface area contributed by atoms with Gasteiger partial charge in [-0.05, 0) is 76.6 Å². The van der Waals surface area contributed by atoms with Crippen molar-refractivity contribution in [2.45, 2.75) is 31.1 Å². The van der Waals surface area contributed by atoms with E-state index in [0.717, 1.165) is 0 Å². The zero-order valence-electron chi connectivity index (χ0n) is 15.7. The second-order valence-corrected chi connectivity index (χ2v) is 9.57. The van der Waals surface area contributed by atoms with Crippen molar-refractivity contribution < 1.29 is 4.79 Å². The smallest absolute Gasteiger partial charge is 0.154 e. The molecule has 0 saturated heterocycles. The average Bonchev–Trinajstić information content (AvgIpc) is 3.40. The van der Waals surface area contributed by atoms with Crippen molar-refractivity contribution in [1.82, 2.24) is 0 Å². The van der Waals surface area contributed by atoms with Crippen LogP contribution in [-0.2, 0) is 15.6 Å². The zero-order valence-corrected chi connectivity index (χ0v) is 15.7. The highest BCUT2D eigenvalue weighted by Gasteiger charge is 2.76. The summed E-state index contributed by atoms with van der Waals surface area (Å²) >= 11 is 0. The highest BCUT2D eigenvalue weighted by atomic mass is 16.1. The first-order valence-corrected chi connectivity index (χ1v) is 10.3. The lowest BCUT2D eigenvalue weighted by atomic mass is 9.60. The van der Waals surface area contributed by atoms with Crippen LogP contribution in [0.4, 0.5) is 0 Å². The molecule has 0 unspecified atom stereocenters. The van der Waals surface area contributed by atoms with Crippen LogP contribution in [0.2, 0.25) is 0 Å². The molecule has 0 N–H and O–H groups in total. The normalized spacial score (nSPS) is 40.3. The number of ketones is 1. The van der Waals surface area contributed by atoms with E-state index in [0.29, 0.717) is 29.5 Å². The fourth-order valence-corrected chi connectivity index (χ4v) is 8.02. The minimum atomic E-state index is -0.345. The zero-order chi connectivity index (χ0) is 18.1. The van der Waals surface area contributed by atoms with Crippen LogP contribution in [0.15, 0.2) is 60.7 Å². The van der Waals surface area contributed by atoms with Gasteiger partial charge in [-0.3, -0.25) is 4.79 Å². The Hall–Kier alpha value is -2.41. The second-order valence-electron chi connectivity index (χ2n) is 9.57. The van der Waals surface area contributed by atoms with E-state index < -0.39 is 0 Å².